The molecular weight excluding hydrogens is 1200 g/mol. The predicted molar refractivity (Wildman–Crippen MR) is 368 cm³/mol. The van der Waals surface area contributed by atoms with Gasteiger partial charge in [0.1, 0.15) is 19.3 Å². The Morgan fingerprint density at radius 3 is 0.747 bits per heavy atom. The number of esters is 4. The molecule has 0 aliphatic rings. The highest BCUT2D eigenvalue weighted by atomic mass is 31.2. The molecule has 91 heavy (non-hydrogen) atoms. The van der Waals surface area contributed by atoms with Crippen LogP contribution < -0.4 is 0 Å². The minimum atomic E-state index is -4.95. The maximum Gasteiger partial charge on any atom is 0.472 e. The molecule has 0 aromatic rings. The Morgan fingerprint density at radius 2 is 0.505 bits per heavy atom. The standard InChI is InChI=1S/C72H140O17P2/c1-6-9-12-15-18-21-23-25-26-27-28-29-30-31-33-37-43-48-53-58-72(77)89-68(62-83-70(75)56-51-46-41-38-34-35-39-44-49-54-65(4)5)64-87-91(80,81)85-60-66(73)59-84-90(78,79)86-63-67(61-82-69(74)55-50-45-40-20-17-14-11-8-3)88-71(76)57-52-47-42-36-32-24-22-19-16-13-10-7-2/h65-68,73H,6-64H2,1-5H3,(H,78,79)(H,80,81)/t66-,67+,68+/m0/s1. The molecule has 0 aromatic carbocycles. The summed E-state index contributed by atoms with van der Waals surface area (Å²) in [5, 5.41) is 10.6. The summed E-state index contributed by atoms with van der Waals surface area (Å²) in [6, 6.07) is 0. The van der Waals surface area contributed by atoms with Gasteiger partial charge in [0, 0.05) is 25.7 Å². The quantitative estimate of drug-likeness (QED) is 0.0222. The topological polar surface area (TPSA) is 237 Å². The summed E-state index contributed by atoms with van der Waals surface area (Å²) in [5.74, 6) is -1.38. The number of carbonyl (C=O) groups excluding carboxylic acids is 4. The van der Waals surface area contributed by atoms with Gasteiger partial charge in [0.25, 0.3) is 0 Å². The van der Waals surface area contributed by atoms with Gasteiger partial charge in [0.2, 0.25) is 0 Å². The lowest BCUT2D eigenvalue weighted by Gasteiger charge is -2.21. The Kier molecular flexibility index (Phi) is 64.0. The van der Waals surface area contributed by atoms with Crippen molar-refractivity contribution in [3.63, 3.8) is 0 Å². The van der Waals surface area contributed by atoms with E-state index in [0.717, 1.165) is 102 Å². The number of phosphoric ester groups is 2. The fraction of sp³-hybridized carbons (Fsp3) is 0.944. The van der Waals surface area contributed by atoms with Gasteiger partial charge in [-0.25, -0.2) is 9.13 Å². The van der Waals surface area contributed by atoms with Crippen LogP contribution in [0, 0.1) is 5.92 Å². The Balaban J connectivity index is 5.19. The van der Waals surface area contributed by atoms with Crippen LogP contribution in [0.3, 0.4) is 0 Å². The molecule has 0 radical (unpaired) electrons. The van der Waals surface area contributed by atoms with E-state index in [0.29, 0.717) is 25.7 Å². The minimum absolute atomic E-state index is 0.107. The van der Waals surface area contributed by atoms with Crippen LogP contribution in [0.15, 0.2) is 0 Å². The zero-order chi connectivity index (χ0) is 67.0. The molecule has 3 N–H and O–H groups in total. The van der Waals surface area contributed by atoms with Crippen molar-refractivity contribution < 1.29 is 80.2 Å². The summed E-state index contributed by atoms with van der Waals surface area (Å²) in [6.07, 6.45) is 52.8. The average Bonchev–Trinajstić information content (AvgIpc) is 3.36. The molecule has 0 aliphatic heterocycles. The van der Waals surface area contributed by atoms with Gasteiger partial charge in [-0.15, -0.1) is 0 Å². The van der Waals surface area contributed by atoms with Gasteiger partial charge in [0.15, 0.2) is 12.2 Å². The van der Waals surface area contributed by atoms with Crippen molar-refractivity contribution in [1.29, 1.82) is 0 Å². The highest BCUT2D eigenvalue weighted by molar-refractivity contribution is 7.47. The highest BCUT2D eigenvalue weighted by Crippen LogP contribution is 2.45. The van der Waals surface area contributed by atoms with Gasteiger partial charge in [0.05, 0.1) is 26.4 Å². The Bertz CT molecular complexity index is 1750. The molecule has 0 heterocycles. The molecule has 19 heteroatoms. The third-order valence-electron chi connectivity index (χ3n) is 16.8. The average molecular weight is 1340 g/mol. The highest BCUT2D eigenvalue weighted by Gasteiger charge is 2.30. The maximum absolute atomic E-state index is 13.0. The predicted octanol–water partition coefficient (Wildman–Crippen LogP) is 20.9. The molecule has 0 spiro atoms. The van der Waals surface area contributed by atoms with Crippen LogP contribution in [-0.4, -0.2) is 96.7 Å². The lowest BCUT2D eigenvalue weighted by atomic mass is 10.0. The molecule has 540 valence electrons. The second kappa shape index (κ2) is 65.4. The van der Waals surface area contributed by atoms with Crippen LogP contribution in [0.4, 0.5) is 0 Å². The van der Waals surface area contributed by atoms with Crippen molar-refractivity contribution >= 4 is 39.5 Å². The molecule has 0 saturated heterocycles. The first-order valence-electron chi connectivity index (χ1n) is 37.6. The maximum atomic E-state index is 13.0. The lowest BCUT2D eigenvalue weighted by Crippen LogP contribution is -2.30. The van der Waals surface area contributed by atoms with Gasteiger partial charge in [-0.1, -0.05) is 324 Å². The van der Waals surface area contributed by atoms with Crippen LogP contribution >= 0.6 is 15.6 Å². The van der Waals surface area contributed by atoms with E-state index in [9.17, 15) is 43.2 Å². The van der Waals surface area contributed by atoms with E-state index in [-0.39, 0.29) is 25.7 Å². The number of aliphatic hydroxyl groups is 1. The van der Waals surface area contributed by atoms with Crippen LogP contribution in [0.5, 0.6) is 0 Å². The number of hydrogen-bond acceptors (Lipinski definition) is 15. The number of unbranched alkanes of at least 4 members (excludes halogenated alkanes) is 44. The van der Waals surface area contributed by atoms with E-state index in [2.05, 4.69) is 34.6 Å². The third kappa shape index (κ3) is 66.5. The molecule has 0 rings (SSSR count). The van der Waals surface area contributed by atoms with Crippen LogP contribution in [0.2, 0.25) is 0 Å². The van der Waals surface area contributed by atoms with E-state index >= 15 is 0 Å². The Labute approximate surface area is 556 Å². The summed E-state index contributed by atoms with van der Waals surface area (Å²) in [6.45, 7) is 7.22. The number of rotatable bonds is 72. The van der Waals surface area contributed by atoms with Gasteiger partial charge < -0.3 is 33.8 Å². The van der Waals surface area contributed by atoms with Gasteiger partial charge >= 0.3 is 39.5 Å². The smallest absolute Gasteiger partial charge is 0.462 e. The van der Waals surface area contributed by atoms with Crippen molar-refractivity contribution in [2.75, 3.05) is 39.6 Å². The molecule has 2 unspecified atom stereocenters. The number of phosphoric acid groups is 2. The van der Waals surface area contributed by atoms with E-state index in [4.69, 9.17) is 37.0 Å². The number of hydrogen-bond donors (Lipinski definition) is 3. The SMILES string of the molecule is CCCCCCCCCCCCCCCCCCCCCC(=O)O[C@H](COC(=O)CCCCCCCCCCCC(C)C)COP(=O)(O)OC[C@@H](O)COP(=O)(O)OC[C@@H](COC(=O)CCCCCCCCCC)OC(=O)CCCCCCCCCCCCCC. The monoisotopic (exact) mass is 1340 g/mol. The van der Waals surface area contributed by atoms with E-state index in [1.54, 1.807) is 0 Å². The molecule has 0 amide bonds. The summed E-state index contributed by atoms with van der Waals surface area (Å²) in [4.78, 5) is 72.5. The van der Waals surface area contributed by atoms with Crippen molar-refractivity contribution in [3.05, 3.63) is 0 Å². The first kappa shape index (κ1) is 89.1. The van der Waals surface area contributed by atoms with Gasteiger partial charge in [-0.3, -0.25) is 37.3 Å². The minimum Gasteiger partial charge on any atom is -0.462 e. The summed E-state index contributed by atoms with van der Waals surface area (Å²) in [7, 11) is -9.90. The van der Waals surface area contributed by atoms with Crippen LogP contribution in [0.1, 0.15) is 375 Å². The first-order chi connectivity index (χ1) is 44.0. The molecule has 0 aromatic heterocycles. The second-order valence-electron chi connectivity index (χ2n) is 26.5. The van der Waals surface area contributed by atoms with Crippen molar-refractivity contribution in [1.82, 2.24) is 0 Å². The summed E-state index contributed by atoms with van der Waals surface area (Å²) in [5.41, 5.74) is 0. The summed E-state index contributed by atoms with van der Waals surface area (Å²) < 4.78 is 68.3. The van der Waals surface area contributed by atoms with Crippen molar-refractivity contribution in [3.8, 4) is 0 Å². The first-order valence-corrected chi connectivity index (χ1v) is 40.6. The second-order valence-corrected chi connectivity index (χ2v) is 29.4. The van der Waals surface area contributed by atoms with Gasteiger partial charge in [-0.2, -0.15) is 0 Å². The molecule has 0 aliphatic carbocycles. The Hall–Kier alpha value is -1.94. The zero-order valence-corrected chi connectivity index (χ0v) is 60.8. The van der Waals surface area contributed by atoms with Gasteiger partial charge in [-0.05, 0) is 31.6 Å². The molecular formula is C72H140O17P2. The van der Waals surface area contributed by atoms with E-state index < -0.39 is 97.5 Å². The number of carbonyl (C=O) groups is 4. The molecule has 0 fully saturated rings. The van der Waals surface area contributed by atoms with Crippen LogP contribution in [0.25, 0.3) is 0 Å². The molecule has 0 saturated carbocycles. The molecule has 17 nitrogen and oxygen atoms in total. The molecule has 5 atom stereocenters. The third-order valence-corrected chi connectivity index (χ3v) is 18.7. The normalized spacial score (nSPS) is 14.0. The number of ether oxygens (including phenoxy) is 4. The number of aliphatic hydroxyl groups excluding tert-OH is 1. The molecule has 0 bridgehead atoms. The van der Waals surface area contributed by atoms with E-state index in [1.807, 2.05) is 0 Å². The largest absolute Gasteiger partial charge is 0.472 e. The van der Waals surface area contributed by atoms with Crippen molar-refractivity contribution in [2.24, 2.45) is 5.92 Å². The Morgan fingerprint density at radius 1 is 0.297 bits per heavy atom. The fourth-order valence-corrected chi connectivity index (χ4v) is 12.6. The fourth-order valence-electron chi connectivity index (χ4n) is 11.0. The summed E-state index contributed by atoms with van der Waals surface area (Å²) >= 11 is 0. The lowest BCUT2D eigenvalue weighted by molar-refractivity contribution is -0.161. The van der Waals surface area contributed by atoms with E-state index in [1.165, 1.54) is 193 Å². The van der Waals surface area contributed by atoms with Crippen LogP contribution in [-0.2, 0) is 65.4 Å². The zero-order valence-electron chi connectivity index (χ0n) is 59.0. The van der Waals surface area contributed by atoms with Crippen molar-refractivity contribution in [2.45, 2.75) is 393 Å².